The van der Waals surface area contributed by atoms with Gasteiger partial charge in [-0.1, -0.05) is 11.3 Å². The first kappa shape index (κ1) is 12.9. The topological polar surface area (TPSA) is 37.8 Å². The van der Waals surface area contributed by atoms with E-state index in [1.54, 1.807) is 11.3 Å². The Morgan fingerprint density at radius 1 is 1.32 bits per heavy atom. The Hall–Kier alpha value is -1.15. The maximum Gasteiger partial charge on any atom is 0.445 e. The largest absolute Gasteiger partial charge is 0.445 e. The van der Waals surface area contributed by atoms with Crippen molar-refractivity contribution in [2.45, 2.75) is 31.5 Å². The van der Waals surface area contributed by atoms with Gasteiger partial charge in [0, 0.05) is 4.88 Å². The van der Waals surface area contributed by atoms with Crippen LogP contribution < -0.4 is 5.32 Å². The van der Waals surface area contributed by atoms with Gasteiger partial charge < -0.3 is 5.32 Å². The van der Waals surface area contributed by atoms with E-state index in [1.165, 1.54) is 10.4 Å². The van der Waals surface area contributed by atoms with Gasteiger partial charge in [0.15, 0.2) is 0 Å². The van der Waals surface area contributed by atoms with E-state index >= 15 is 0 Å². The average molecular weight is 305 g/mol. The summed E-state index contributed by atoms with van der Waals surface area (Å²) in [5.41, 5.74) is 1.18. The average Bonchev–Trinajstić information content (AvgIpc) is 2.96. The molecule has 2 heterocycles. The number of anilines is 1. The summed E-state index contributed by atoms with van der Waals surface area (Å²) < 4.78 is 37.4. The minimum atomic E-state index is -4.42. The number of aryl methyl sites for hydroxylation is 1. The Labute approximate surface area is 115 Å². The first-order valence-electron chi connectivity index (χ1n) is 5.77. The molecule has 2 aromatic heterocycles. The second-order valence-electron chi connectivity index (χ2n) is 4.30. The molecule has 102 valence electrons. The fourth-order valence-corrected chi connectivity index (χ4v) is 3.83. The molecule has 1 aliphatic rings. The van der Waals surface area contributed by atoms with Crippen molar-refractivity contribution in [1.82, 2.24) is 10.2 Å². The quantitative estimate of drug-likeness (QED) is 0.907. The molecule has 0 aliphatic heterocycles. The molecule has 0 saturated heterocycles. The lowest BCUT2D eigenvalue weighted by molar-refractivity contribution is -0.138. The van der Waals surface area contributed by atoms with E-state index in [4.69, 9.17) is 0 Å². The molecule has 1 N–H and O–H groups in total. The van der Waals surface area contributed by atoms with E-state index in [-0.39, 0.29) is 11.2 Å². The van der Waals surface area contributed by atoms with Crippen molar-refractivity contribution in [3.63, 3.8) is 0 Å². The van der Waals surface area contributed by atoms with E-state index in [2.05, 4.69) is 15.5 Å². The monoisotopic (exact) mass is 305 g/mol. The van der Waals surface area contributed by atoms with Crippen LogP contribution in [0.2, 0.25) is 0 Å². The van der Waals surface area contributed by atoms with Gasteiger partial charge in [-0.25, -0.2) is 0 Å². The molecule has 3 rings (SSSR count). The van der Waals surface area contributed by atoms with Crippen LogP contribution >= 0.6 is 22.7 Å². The summed E-state index contributed by atoms with van der Waals surface area (Å²) in [7, 11) is 0. The van der Waals surface area contributed by atoms with Crippen molar-refractivity contribution < 1.29 is 13.2 Å². The predicted molar refractivity (Wildman–Crippen MR) is 68.5 cm³/mol. The summed E-state index contributed by atoms with van der Waals surface area (Å²) in [4.78, 5) is 1.31. The van der Waals surface area contributed by atoms with Crippen LogP contribution in [0, 0.1) is 0 Å². The van der Waals surface area contributed by atoms with E-state index in [9.17, 15) is 13.2 Å². The van der Waals surface area contributed by atoms with Crippen molar-refractivity contribution in [2.75, 3.05) is 5.32 Å². The standard InChI is InChI=1S/C11H10F3N3S2/c12-11(13,14)9-16-17-10(19-9)15-7-2-1-3-8-6(7)4-5-18-8/h4-5,7H,1-3H2,(H,15,17). The predicted octanol–water partition coefficient (Wildman–Crippen LogP) is 4.11. The van der Waals surface area contributed by atoms with Gasteiger partial charge in [0.1, 0.15) is 0 Å². The first-order valence-corrected chi connectivity index (χ1v) is 7.47. The van der Waals surface area contributed by atoms with Crippen LogP contribution in [-0.4, -0.2) is 10.2 Å². The molecular formula is C11H10F3N3S2. The first-order chi connectivity index (χ1) is 9.04. The molecule has 0 spiro atoms. The third-order valence-electron chi connectivity index (χ3n) is 3.02. The molecule has 1 atom stereocenters. The summed E-state index contributed by atoms with van der Waals surface area (Å²) in [6.45, 7) is 0. The van der Waals surface area contributed by atoms with Crippen molar-refractivity contribution in [3.8, 4) is 0 Å². The molecule has 2 aromatic rings. The molecule has 1 aliphatic carbocycles. The number of rotatable bonds is 2. The Kier molecular flexibility index (Phi) is 3.22. The number of aromatic nitrogens is 2. The van der Waals surface area contributed by atoms with Gasteiger partial charge >= 0.3 is 6.18 Å². The van der Waals surface area contributed by atoms with Crippen LogP contribution in [-0.2, 0) is 12.6 Å². The van der Waals surface area contributed by atoms with Gasteiger partial charge in [-0.05, 0) is 36.3 Å². The van der Waals surface area contributed by atoms with Crippen LogP contribution in [0.5, 0.6) is 0 Å². The van der Waals surface area contributed by atoms with E-state index in [0.717, 1.165) is 19.3 Å². The highest BCUT2D eigenvalue weighted by Crippen LogP contribution is 2.38. The summed E-state index contributed by atoms with van der Waals surface area (Å²) in [6.07, 6.45) is -1.42. The fourth-order valence-electron chi connectivity index (χ4n) is 2.18. The summed E-state index contributed by atoms with van der Waals surface area (Å²) >= 11 is 2.25. The van der Waals surface area contributed by atoms with Crippen molar-refractivity contribution in [2.24, 2.45) is 0 Å². The minimum Gasteiger partial charge on any atom is -0.353 e. The highest BCUT2D eigenvalue weighted by molar-refractivity contribution is 7.15. The van der Waals surface area contributed by atoms with Crippen LogP contribution in [0.3, 0.4) is 0 Å². The molecule has 1 unspecified atom stereocenters. The maximum atomic E-state index is 12.5. The summed E-state index contributed by atoms with van der Waals surface area (Å²) in [6, 6.07) is 2.08. The molecule has 0 bridgehead atoms. The van der Waals surface area contributed by atoms with Crippen LogP contribution in [0.4, 0.5) is 18.3 Å². The SMILES string of the molecule is FC(F)(F)c1nnc(NC2CCCc3sccc32)s1. The number of alkyl halides is 3. The molecular weight excluding hydrogens is 295 g/mol. The van der Waals surface area contributed by atoms with Gasteiger partial charge in [-0.3, -0.25) is 0 Å². The van der Waals surface area contributed by atoms with E-state index in [0.29, 0.717) is 11.3 Å². The number of nitrogens with zero attached hydrogens (tertiary/aromatic N) is 2. The van der Waals surface area contributed by atoms with Crippen LogP contribution in [0.1, 0.15) is 34.3 Å². The number of halogens is 3. The second-order valence-corrected chi connectivity index (χ2v) is 6.28. The van der Waals surface area contributed by atoms with E-state index in [1.807, 2.05) is 11.4 Å². The number of fused-ring (bicyclic) bond motifs is 1. The molecule has 0 aromatic carbocycles. The lowest BCUT2D eigenvalue weighted by Crippen LogP contribution is -2.15. The molecule has 0 amide bonds. The van der Waals surface area contributed by atoms with Crippen molar-refractivity contribution >= 4 is 27.8 Å². The fraction of sp³-hybridized carbons (Fsp3) is 0.455. The molecule has 8 heteroatoms. The molecule has 0 saturated carbocycles. The minimum absolute atomic E-state index is 0.0454. The van der Waals surface area contributed by atoms with Gasteiger partial charge in [-0.15, -0.1) is 21.5 Å². The van der Waals surface area contributed by atoms with Gasteiger partial charge in [-0.2, -0.15) is 13.2 Å². The zero-order valence-corrected chi connectivity index (χ0v) is 11.3. The number of nitrogens with one attached hydrogen (secondary N) is 1. The Morgan fingerprint density at radius 3 is 2.89 bits per heavy atom. The second kappa shape index (κ2) is 4.75. The molecule has 19 heavy (non-hydrogen) atoms. The summed E-state index contributed by atoms with van der Waals surface area (Å²) in [5, 5.41) is 11.2. The lowest BCUT2D eigenvalue weighted by Gasteiger charge is -2.23. The zero-order chi connectivity index (χ0) is 13.5. The molecule has 3 nitrogen and oxygen atoms in total. The third kappa shape index (κ3) is 2.59. The Balaban J connectivity index is 1.78. The van der Waals surface area contributed by atoms with Crippen molar-refractivity contribution in [3.05, 3.63) is 26.9 Å². The number of thiophene rings is 1. The number of hydrogen-bond acceptors (Lipinski definition) is 5. The highest BCUT2D eigenvalue weighted by atomic mass is 32.1. The smallest absolute Gasteiger partial charge is 0.353 e. The maximum absolute atomic E-state index is 12.5. The van der Waals surface area contributed by atoms with E-state index < -0.39 is 11.2 Å². The summed E-state index contributed by atoms with van der Waals surface area (Å²) in [5.74, 6) is 0. The lowest BCUT2D eigenvalue weighted by atomic mass is 9.94. The van der Waals surface area contributed by atoms with Gasteiger partial charge in [0.25, 0.3) is 0 Å². The van der Waals surface area contributed by atoms with Crippen LogP contribution in [0.25, 0.3) is 0 Å². The molecule has 0 radical (unpaired) electrons. The Bertz CT molecular complexity index is 576. The van der Waals surface area contributed by atoms with Gasteiger partial charge in [0.05, 0.1) is 6.04 Å². The highest BCUT2D eigenvalue weighted by Gasteiger charge is 2.36. The van der Waals surface area contributed by atoms with Crippen LogP contribution in [0.15, 0.2) is 11.4 Å². The normalized spacial score (nSPS) is 19.2. The molecule has 0 fully saturated rings. The van der Waals surface area contributed by atoms with Crippen molar-refractivity contribution in [1.29, 1.82) is 0 Å². The Morgan fingerprint density at radius 2 is 2.16 bits per heavy atom. The number of hydrogen-bond donors (Lipinski definition) is 1. The third-order valence-corrected chi connectivity index (χ3v) is 4.91. The zero-order valence-electron chi connectivity index (χ0n) is 9.70. The van der Waals surface area contributed by atoms with Gasteiger partial charge in [0.2, 0.25) is 10.1 Å².